The molecule has 0 fully saturated rings. The van der Waals surface area contributed by atoms with E-state index in [-0.39, 0.29) is 5.91 Å². The summed E-state index contributed by atoms with van der Waals surface area (Å²) in [5, 5.41) is 13.2. The summed E-state index contributed by atoms with van der Waals surface area (Å²) in [5.74, 6) is 0.299. The third-order valence-electron chi connectivity index (χ3n) is 4.34. The zero-order chi connectivity index (χ0) is 17.8. The van der Waals surface area contributed by atoms with Crippen LogP contribution >= 0.6 is 11.3 Å². The summed E-state index contributed by atoms with van der Waals surface area (Å²) < 4.78 is 0. The van der Waals surface area contributed by atoms with Gasteiger partial charge in [-0.1, -0.05) is 44.2 Å². The molecule has 1 aromatic heterocycles. The van der Waals surface area contributed by atoms with Crippen molar-refractivity contribution in [3.63, 3.8) is 0 Å². The largest absolute Gasteiger partial charge is 0.317 e. The highest BCUT2D eigenvalue weighted by Crippen LogP contribution is 2.37. The molecule has 4 nitrogen and oxygen atoms in total. The average Bonchev–Trinajstić information content (AvgIpc) is 2.91. The molecule has 0 bridgehead atoms. The fourth-order valence-corrected chi connectivity index (χ4v) is 4.44. The van der Waals surface area contributed by atoms with Crippen LogP contribution in [0.3, 0.4) is 0 Å². The second kappa shape index (κ2) is 7.81. The van der Waals surface area contributed by atoms with Gasteiger partial charge in [0.25, 0.3) is 0 Å². The number of rotatable bonds is 5. The maximum absolute atomic E-state index is 12.1. The number of nitriles is 1. The molecule has 1 amide bonds. The molecule has 0 radical (unpaired) electrons. The molecule has 0 saturated heterocycles. The van der Waals surface area contributed by atoms with E-state index in [0.29, 0.717) is 17.9 Å². The highest BCUT2D eigenvalue weighted by Gasteiger charge is 2.25. The van der Waals surface area contributed by atoms with Crippen LogP contribution in [0.15, 0.2) is 30.3 Å². The topological polar surface area (TPSA) is 56.1 Å². The molecule has 1 N–H and O–H groups in total. The van der Waals surface area contributed by atoms with Crippen LogP contribution in [0.1, 0.15) is 41.8 Å². The van der Waals surface area contributed by atoms with Crippen molar-refractivity contribution in [1.82, 2.24) is 4.90 Å². The van der Waals surface area contributed by atoms with Gasteiger partial charge in [0.05, 0.1) is 5.56 Å². The fraction of sp³-hybridized carbons (Fsp3) is 0.400. The Morgan fingerprint density at radius 2 is 2.12 bits per heavy atom. The Morgan fingerprint density at radius 3 is 2.80 bits per heavy atom. The van der Waals surface area contributed by atoms with Crippen LogP contribution in [0.2, 0.25) is 0 Å². The first-order chi connectivity index (χ1) is 12.1. The Bertz CT molecular complexity index is 789. The molecule has 5 heteroatoms. The third kappa shape index (κ3) is 4.28. The van der Waals surface area contributed by atoms with E-state index in [9.17, 15) is 10.1 Å². The normalized spacial score (nSPS) is 14.2. The first kappa shape index (κ1) is 17.7. The Labute approximate surface area is 153 Å². The van der Waals surface area contributed by atoms with E-state index in [0.717, 1.165) is 36.6 Å². The summed E-state index contributed by atoms with van der Waals surface area (Å²) in [5.41, 5.74) is 3.08. The van der Waals surface area contributed by atoms with E-state index in [4.69, 9.17) is 0 Å². The Hall–Kier alpha value is -2.16. The van der Waals surface area contributed by atoms with Gasteiger partial charge in [0, 0.05) is 30.9 Å². The van der Waals surface area contributed by atoms with E-state index in [1.54, 1.807) is 11.3 Å². The standard InChI is InChI=1S/C20H23N3OS/c1-14(2)10-19(24)22-20-17(11-21)16-8-9-23(13-18(16)25-20)12-15-6-4-3-5-7-15/h3-7,14H,8-10,12-13H2,1-2H3,(H,22,24). The average molecular weight is 353 g/mol. The Morgan fingerprint density at radius 1 is 1.36 bits per heavy atom. The minimum absolute atomic E-state index is 0.00811. The smallest absolute Gasteiger partial charge is 0.225 e. The summed E-state index contributed by atoms with van der Waals surface area (Å²) in [6, 6.07) is 12.7. The minimum atomic E-state index is -0.00811. The monoisotopic (exact) mass is 353 g/mol. The molecule has 2 heterocycles. The number of amides is 1. The van der Waals surface area contributed by atoms with Crippen molar-refractivity contribution in [2.75, 3.05) is 11.9 Å². The van der Waals surface area contributed by atoms with Gasteiger partial charge in [-0.25, -0.2) is 0 Å². The predicted octanol–water partition coefficient (Wildman–Crippen LogP) is 4.16. The van der Waals surface area contributed by atoms with Gasteiger partial charge >= 0.3 is 0 Å². The first-order valence-electron chi connectivity index (χ1n) is 8.67. The number of hydrogen-bond donors (Lipinski definition) is 1. The molecule has 0 atom stereocenters. The highest BCUT2D eigenvalue weighted by molar-refractivity contribution is 7.16. The van der Waals surface area contributed by atoms with Crippen molar-refractivity contribution in [3.8, 4) is 6.07 Å². The maximum atomic E-state index is 12.1. The summed E-state index contributed by atoms with van der Waals surface area (Å²) in [7, 11) is 0. The quantitative estimate of drug-likeness (QED) is 0.878. The highest BCUT2D eigenvalue weighted by atomic mass is 32.1. The SMILES string of the molecule is CC(C)CC(=O)Nc1sc2c(c1C#N)CCN(Cc1ccccc1)C2. The Balaban J connectivity index is 1.74. The van der Waals surface area contributed by atoms with Crippen molar-refractivity contribution < 1.29 is 4.79 Å². The molecule has 25 heavy (non-hydrogen) atoms. The molecule has 3 rings (SSSR count). The number of carbonyl (C=O) groups excluding carboxylic acids is 1. The number of thiophene rings is 1. The number of fused-ring (bicyclic) bond motifs is 1. The summed E-state index contributed by atoms with van der Waals surface area (Å²) in [6.07, 6.45) is 1.34. The molecular weight excluding hydrogens is 330 g/mol. The van der Waals surface area contributed by atoms with Crippen molar-refractivity contribution >= 4 is 22.2 Å². The lowest BCUT2D eigenvalue weighted by molar-refractivity contribution is -0.116. The van der Waals surface area contributed by atoms with E-state index < -0.39 is 0 Å². The van der Waals surface area contributed by atoms with Crippen molar-refractivity contribution in [2.45, 2.75) is 39.8 Å². The molecule has 1 aliphatic heterocycles. The molecule has 0 saturated carbocycles. The van der Waals surface area contributed by atoms with E-state index >= 15 is 0 Å². The minimum Gasteiger partial charge on any atom is -0.317 e. The predicted molar refractivity (Wildman–Crippen MR) is 101 cm³/mol. The van der Waals surface area contributed by atoms with Gasteiger partial charge in [0.15, 0.2) is 0 Å². The summed E-state index contributed by atoms with van der Waals surface area (Å²) in [4.78, 5) is 15.7. The van der Waals surface area contributed by atoms with Gasteiger partial charge in [-0.15, -0.1) is 11.3 Å². The lowest BCUT2D eigenvalue weighted by atomic mass is 10.0. The number of nitrogens with one attached hydrogen (secondary N) is 1. The molecule has 1 aromatic carbocycles. The fourth-order valence-electron chi connectivity index (χ4n) is 3.19. The van der Waals surface area contributed by atoms with E-state index in [1.165, 1.54) is 10.4 Å². The van der Waals surface area contributed by atoms with Crippen molar-refractivity contribution in [3.05, 3.63) is 51.9 Å². The second-order valence-electron chi connectivity index (χ2n) is 6.91. The van der Waals surface area contributed by atoms with Crippen LogP contribution in [0.5, 0.6) is 0 Å². The number of anilines is 1. The number of carbonyl (C=O) groups is 1. The maximum Gasteiger partial charge on any atom is 0.225 e. The molecule has 0 aliphatic carbocycles. The van der Waals surface area contributed by atoms with E-state index in [2.05, 4.69) is 40.6 Å². The van der Waals surface area contributed by atoms with Crippen LogP contribution in [0.4, 0.5) is 5.00 Å². The van der Waals surface area contributed by atoms with Crippen LogP contribution in [0, 0.1) is 17.2 Å². The molecule has 1 aliphatic rings. The molecule has 2 aromatic rings. The van der Waals surface area contributed by atoms with Gasteiger partial charge in [-0.05, 0) is 23.5 Å². The van der Waals surface area contributed by atoms with E-state index in [1.807, 2.05) is 19.9 Å². The molecule has 130 valence electrons. The van der Waals surface area contributed by atoms with Crippen LogP contribution in [-0.2, 0) is 24.3 Å². The van der Waals surface area contributed by atoms with Gasteiger partial charge in [0.2, 0.25) is 5.91 Å². The van der Waals surface area contributed by atoms with Gasteiger partial charge in [0.1, 0.15) is 11.1 Å². The zero-order valence-corrected chi connectivity index (χ0v) is 15.5. The lowest BCUT2D eigenvalue weighted by Gasteiger charge is -2.26. The second-order valence-corrected chi connectivity index (χ2v) is 8.02. The van der Waals surface area contributed by atoms with Crippen molar-refractivity contribution in [2.24, 2.45) is 5.92 Å². The first-order valence-corrected chi connectivity index (χ1v) is 9.49. The van der Waals surface area contributed by atoms with Gasteiger partial charge < -0.3 is 5.32 Å². The van der Waals surface area contributed by atoms with Gasteiger partial charge in [-0.3, -0.25) is 9.69 Å². The molecule has 0 unspecified atom stereocenters. The molecular formula is C20H23N3OS. The Kier molecular flexibility index (Phi) is 5.52. The summed E-state index contributed by atoms with van der Waals surface area (Å²) in [6.45, 7) is 6.73. The van der Waals surface area contributed by atoms with Gasteiger partial charge in [-0.2, -0.15) is 5.26 Å². The number of benzene rings is 1. The van der Waals surface area contributed by atoms with Crippen LogP contribution in [-0.4, -0.2) is 17.4 Å². The molecule has 0 spiro atoms. The summed E-state index contributed by atoms with van der Waals surface area (Å²) >= 11 is 1.56. The van der Waals surface area contributed by atoms with Crippen molar-refractivity contribution in [1.29, 1.82) is 5.26 Å². The number of hydrogen-bond acceptors (Lipinski definition) is 4. The number of nitrogens with zero attached hydrogens (tertiary/aromatic N) is 2. The lowest BCUT2D eigenvalue weighted by Crippen LogP contribution is -2.29. The van der Waals surface area contributed by atoms with Crippen LogP contribution < -0.4 is 5.32 Å². The third-order valence-corrected chi connectivity index (χ3v) is 5.48. The van der Waals surface area contributed by atoms with Crippen LogP contribution in [0.25, 0.3) is 0 Å². The zero-order valence-electron chi connectivity index (χ0n) is 14.7.